The molecular weight excluding hydrogens is 436 g/mol. The molecule has 2 aromatic heterocycles. The maximum Gasteiger partial charge on any atom is 0.368 e. The number of aryl methyl sites for hydroxylation is 1. The molecule has 0 fully saturated rings. The number of unbranched alkanes of at least 4 members (excludes halogenated alkanes) is 3. The molecule has 4 aromatic rings. The molecule has 5 nitrogen and oxygen atoms in total. The number of nitrogens with zero attached hydrogens (tertiary/aromatic N) is 2. The van der Waals surface area contributed by atoms with Gasteiger partial charge in [-0.2, -0.15) is 0 Å². The van der Waals surface area contributed by atoms with Crippen LogP contribution in [0.5, 0.6) is 0 Å². The van der Waals surface area contributed by atoms with E-state index in [0.29, 0.717) is 22.8 Å². The van der Waals surface area contributed by atoms with Gasteiger partial charge < -0.3 is 13.8 Å². The molecule has 0 amide bonds. The molecule has 0 atom stereocenters. The Balaban J connectivity index is 1.36. The van der Waals surface area contributed by atoms with Gasteiger partial charge in [0, 0.05) is 34.8 Å². The van der Waals surface area contributed by atoms with Gasteiger partial charge in [0.15, 0.2) is 0 Å². The molecule has 5 heteroatoms. The van der Waals surface area contributed by atoms with E-state index >= 15 is 0 Å². The number of carbonyl (C=O) groups is 1. The summed E-state index contributed by atoms with van der Waals surface area (Å²) in [5.41, 5.74) is 4.12. The van der Waals surface area contributed by atoms with Crippen molar-refractivity contribution in [2.45, 2.75) is 39.2 Å². The van der Waals surface area contributed by atoms with Crippen LogP contribution >= 0.6 is 0 Å². The van der Waals surface area contributed by atoms with E-state index in [1.807, 2.05) is 48.5 Å². The van der Waals surface area contributed by atoms with Gasteiger partial charge in [0.05, 0.1) is 5.57 Å². The van der Waals surface area contributed by atoms with Gasteiger partial charge >= 0.3 is 5.97 Å². The number of oxime groups is 1. The van der Waals surface area contributed by atoms with E-state index in [4.69, 9.17) is 9.25 Å². The second-order valence-corrected chi connectivity index (χ2v) is 8.67. The van der Waals surface area contributed by atoms with Crippen molar-refractivity contribution in [2.24, 2.45) is 5.16 Å². The van der Waals surface area contributed by atoms with E-state index in [1.165, 1.54) is 36.6 Å². The van der Waals surface area contributed by atoms with E-state index in [2.05, 4.69) is 53.2 Å². The Morgan fingerprint density at radius 2 is 1.69 bits per heavy atom. The monoisotopic (exact) mass is 464 g/mol. The first-order chi connectivity index (χ1) is 17.2. The standard InChI is InChI=1S/C30H28N2O3/c1-2-3-4-10-19-32-21-23(26-13-8-9-14-28(26)32)15-16-24-17-18-25(34-24)20-27-29(31-35-30(27)33)22-11-6-5-7-12-22/h5-9,11-18,20-21H,2-4,10,19H2,1H3/b16-15+,27-20-. The number of para-hydroxylation sites is 1. The van der Waals surface area contributed by atoms with Crippen molar-refractivity contribution in [2.75, 3.05) is 0 Å². The van der Waals surface area contributed by atoms with Crippen LogP contribution < -0.4 is 0 Å². The zero-order chi connectivity index (χ0) is 24.0. The van der Waals surface area contributed by atoms with Crippen molar-refractivity contribution >= 4 is 40.8 Å². The van der Waals surface area contributed by atoms with Crippen molar-refractivity contribution < 1.29 is 14.0 Å². The third-order valence-corrected chi connectivity index (χ3v) is 6.18. The van der Waals surface area contributed by atoms with E-state index in [1.54, 1.807) is 6.08 Å². The number of fused-ring (bicyclic) bond motifs is 1. The highest BCUT2D eigenvalue weighted by Crippen LogP contribution is 2.25. The Kier molecular flexibility index (Phi) is 6.75. The fourth-order valence-electron chi connectivity index (χ4n) is 4.37. The van der Waals surface area contributed by atoms with Crippen LogP contribution in [0, 0.1) is 0 Å². The maximum absolute atomic E-state index is 12.3. The van der Waals surface area contributed by atoms with E-state index in [0.717, 1.165) is 17.7 Å². The van der Waals surface area contributed by atoms with Crippen molar-refractivity contribution in [1.29, 1.82) is 0 Å². The summed E-state index contributed by atoms with van der Waals surface area (Å²) < 4.78 is 8.32. The number of furan rings is 1. The smallest absolute Gasteiger partial charge is 0.368 e. The lowest BCUT2D eigenvalue weighted by molar-refractivity contribution is -0.136. The second kappa shape index (κ2) is 10.4. The minimum atomic E-state index is -0.482. The topological polar surface area (TPSA) is 56.7 Å². The molecule has 0 saturated heterocycles. The molecule has 0 radical (unpaired) electrons. The van der Waals surface area contributed by atoms with Crippen LogP contribution in [0.15, 0.2) is 88.1 Å². The first-order valence-electron chi connectivity index (χ1n) is 12.2. The maximum atomic E-state index is 12.3. The van der Waals surface area contributed by atoms with Crippen LogP contribution in [0.1, 0.15) is 55.3 Å². The van der Waals surface area contributed by atoms with Gasteiger partial charge in [0.25, 0.3) is 0 Å². The first-order valence-corrected chi connectivity index (χ1v) is 12.2. The summed E-state index contributed by atoms with van der Waals surface area (Å²) in [6.45, 7) is 3.26. The van der Waals surface area contributed by atoms with Gasteiger partial charge in [-0.3, -0.25) is 0 Å². The molecule has 2 aromatic carbocycles. The number of hydrogen-bond acceptors (Lipinski definition) is 4. The zero-order valence-corrected chi connectivity index (χ0v) is 19.8. The summed E-state index contributed by atoms with van der Waals surface area (Å²) in [6, 6.07) is 21.7. The fraction of sp³-hybridized carbons (Fsp3) is 0.200. The highest BCUT2D eigenvalue weighted by Gasteiger charge is 2.27. The summed E-state index contributed by atoms with van der Waals surface area (Å²) in [7, 11) is 0. The van der Waals surface area contributed by atoms with Gasteiger partial charge in [-0.15, -0.1) is 0 Å². The lowest BCUT2D eigenvalue weighted by Gasteiger charge is -2.04. The van der Waals surface area contributed by atoms with E-state index in [-0.39, 0.29) is 0 Å². The first kappa shape index (κ1) is 22.7. The number of benzene rings is 2. The highest BCUT2D eigenvalue weighted by molar-refractivity contribution is 6.31. The van der Waals surface area contributed by atoms with Gasteiger partial charge in [-0.05, 0) is 42.8 Å². The molecule has 0 aliphatic carbocycles. The van der Waals surface area contributed by atoms with Crippen molar-refractivity contribution in [1.82, 2.24) is 4.57 Å². The molecular formula is C30H28N2O3. The second-order valence-electron chi connectivity index (χ2n) is 8.67. The van der Waals surface area contributed by atoms with Crippen LogP contribution in [0.2, 0.25) is 0 Å². The average Bonchev–Trinajstić information content (AvgIpc) is 3.59. The summed E-state index contributed by atoms with van der Waals surface area (Å²) in [6.07, 6.45) is 12.9. The summed E-state index contributed by atoms with van der Waals surface area (Å²) in [4.78, 5) is 17.2. The molecule has 176 valence electrons. The molecule has 1 aliphatic heterocycles. The Labute approximate surface area is 205 Å². The lowest BCUT2D eigenvalue weighted by atomic mass is 10.0. The minimum absolute atomic E-state index is 0.382. The number of hydrogen-bond donors (Lipinski definition) is 0. The van der Waals surface area contributed by atoms with Crippen LogP contribution in [0.3, 0.4) is 0 Å². The Hall–Kier alpha value is -4.12. The third kappa shape index (κ3) is 5.04. The Morgan fingerprint density at radius 1 is 0.886 bits per heavy atom. The zero-order valence-electron chi connectivity index (χ0n) is 19.8. The largest absolute Gasteiger partial charge is 0.457 e. The highest BCUT2D eigenvalue weighted by atomic mass is 16.7. The SMILES string of the molecule is CCCCCCn1cc(/C=C/c2ccc(/C=C3\C(=O)ON=C3c3ccccc3)o2)c2ccccc21. The summed E-state index contributed by atoms with van der Waals surface area (Å²) >= 11 is 0. The van der Waals surface area contributed by atoms with Gasteiger partial charge in [-0.1, -0.05) is 79.9 Å². The van der Waals surface area contributed by atoms with E-state index < -0.39 is 5.97 Å². The predicted molar refractivity (Wildman–Crippen MR) is 141 cm³/mol. The Morgan fingerprint density at radius 3 is 2.54 bits per heavy atom. The molecule has 0 unspecified atom stereocenters. The number of rotatable bonds is 9. The molecule has 5 rings (SSSR count). The van der Waals surface area contributed by atoms with Crippen molar-refractivity contribution in [3.63, 3.8) is 0 Å². The van der Waals surface area contributed by atoms with Gasteiger partial charge in [0.1, 0.15) is 17.2 Å². The predicted octanol–water partition coefficient (Wildman–Crippen LogP) is 7.33. The number of aromatic nitrogens is 1. The molecule has 1 aliphatic rings. The quantitative estimate of drug-likeness (QED) is 0.148. The molecule has 0 N–H and O–H groups in total. The molecule has 3 heterocycles. The Bertz CT molecular complexity index is 1420. The van der Waals surface area contributed by atoms with Crippen LogP contribution in [0.4, 0.5) is 0 Å². The van der Waals surface area contributed by atoms with E-state index in [9.17, 15) is 4.79 Å². The molecule has 0 spiro atoms. The third-order valence-electron chi connectivity index (χ3n) is 6.18. The van der Waals surface area contributed by atoms with Crippen molar-refractivity contribution in [3.8, 4) is 0 Å². The van der Waals surface area contributed by atoms with Crippen LogP contribution in [-0.4, -0.2) is 16.2 Å². The summed E-state index contributed by atoms with van der Waals surface area (Å²) in [5.74, 6) is 0.797. The van der Waals surface area contributed by atoms with Crippen molar-refractivity contribution in [3.05, 3.63) is 101 Å². The lowest BCUT2D eigenvalue weighted by Crippen LogP contribution is -2.06. The van der Waals surface area contributed by atoms with Gasteiger partial charge in [-0.25, -0.2) is 4.79 Å². The van der Waals surface area contributed by atoms with Crippen LogP contribution in [-0.2, 0) is 16.2 Å². The molecule has 35 heavy (non-hydrogen) atoms. The van der Waals surface area contributed by atoms with Gasteiger partial charge in [0.2, 0.25) is 0 Å². The molecule has 0 bridgehead atoms. The van der Waals surface area contributed by atoms with Crippen LogP contribution in [0.25, 0.3) is 29.1 Å². The summed E-state index contributed by atoms with van der Waals surface area (Å²) in [5, 5.41) is 5.18. The fourth-order valence-corrected chi connectivity index (χ4v) is 4.37. The average molecular weight is 465 g/mol. The molecule has 0 saturated carbocycles. The minimum Gasteiger partial charge on any atom is -0.457 e. The number of carbonyl (C=O) groups excluding carboxylic acids is 1. The normalized spacial score (nSPS) is 14.8.